The van der Waals surface area contributed by atoms with Crippen molar-refractivity contribution >= 4 is 32.7 Å². The van der Waals surface area contributed by atoms with Crippen molar-refractivity contribution in [2.75, 3.05) is 6.61 Å². The third-order valence-corrected chi connectivity index (χ3v) is 2.55. The fourth-order valence-corrected chi connectivity index (χ4v) is 1.74. The second kappa shape index (κ2) is 7.07. The number of carbonyl (C=O) groups excluding carboxylic acids is 1. The van der Waals surface area contributed by atoms with Crippen molar-refractivity contribution in [2.24, 2.45) is 0 Å². The van der Waals surface area contributed by atoms with Crippen LogP contribution in [0.25, 0.3) is 10.8 Å². The zero-order valence-corrected chi connectivity index (χ0v) is 11.5. The quantitative estimate of drug-likeness (QED) is 0.738. The van der Waals surface area contributed by atoms with Crippen LogP contribution in [0.4, 0.5) is 0 Å². The minimum Gasteiger partial charge on any atom is -0.466 e. The number of halogens is 1. The normalized spacial score (nSPS) is 9.35. The number of esters is 1. The van der Waals surface area contributed by atoms with Gasteiger partial charge in [-0.05, 0) is 29.8 Å². The van der Waals surface area contributed by atoms with Crippen molar-refractivity contribution in [2.45, 2.75) is 13.8 Å². The molecular formula is C14H15BrO2. The molecule has 0 unspecified atom stereocenters. The van der Waals surface area contributed by atoms with Gasteiger partial charge in [0.25, 0.3) is 0 Å². The third-order valence-electron chi connectivity index (χ3n) is 2.06. The zero-order valence-electron chi connectivity index (χ0n) is 9.94. The number of hydrogen-bond donors (Lipinski definition) is 0. The Morgan fingerprint density at radius 2 is 1.82 bits per heavy atom. The number of ether oxygens (including phenoxy) is 1. The second-order valence-corrected chi connectivity index (χ2v) is 4.33. The lowest BCUT2D eigenvalue weighted by Gasteiger charge is -1.95. The molecule has 0 bridgehead atoms. The second-order valence-electron chi connectivity index (χ2n) is 3.42. The van der Waals surface area contributed by atoms with E-state index in [1.165, 1.54) is 17.7 Å². The standard InChI is InChI=1S/C10H7Br.C4H8O2/c11-10-6-5-8-3-1-2-4-9(8)7-10;1-3-6-4(2)5/h1-7H;3H2,1-2H3. The van der Waals surface area contributed by atoms with Crippen LogP contribution in [0.5, 0.6) is 0 Å². The van der Waals surface area contributed by atoms with Gasteiger partial charge in [0, 0.05) is 11.4 Å². The number of carbonyl (C=O) groups is 1. The zero-order chi connectivity index (χ0) is 12.7. The first kappa shape index (κ1) is 13.7. The first-order valence-electron chi connectivity index (χ1n) is 5.41. The van der Waals surface area contributed by atoms with E-state index in [2.05, 4.69) is 63.1 Å². The van der Waals surface area contributed by atoms with Crippen LogP contribution < -0.4 is 0 Å². The van der Waals surface area contributed by atoms with Gasteiger partial charge in [0.05, 0.1) is 6.61 Å². The Balaban J connectivity index is 0.000000209. The van der Waals surface area contributed by atoms with Crippen LogP contribution >= 0.6 is 15.9 Å². The van der Waals surface area contributed by atoms with Crippen molar-refractivity contribution in [3.05, 3.63) is 46.9 Å². The molecule has 0 N–H and O–H groups in total. The van der Waals surface area contributed by atoms with Crippen molar-refractivity contribution in [1.29, 1.82) is 0 Å². The Hall–Kier alpha value is -1.35. The third kappa shape index (κ3) is 5.00. The van der Waals surface area contributed by atoms with E-state index in [9.17, 15) is 4.79 Å². The van der Waals surface area contributed by atoms with Crippen molar-refractivity contribution in [1.82, 2.24) is 0 Å². The summed E-state index contributed by atoms with van der Waals surface area (Å²) >= 11 is 3.43. The largest absolute Gasteiger partial charge is 0.466 e. The van der Waals surface area contributed by atoms with Gasteiger partial charge in [-0.1, -0.05) is 46.3 Å². The van der Waals surface area contributed by atoms with Gasteiger partial charge in [0.1, 0.15) is 0 Å². The molecule has 2 aromatic carbocycles. The van der Waals surface area contributed by atoms with Gasteiger partial charge in [0.2, 0.25) is 0 Å². The van der Waals surface area contributed by atoms with E-state index >= 15 is 0 Å². The molecule has 0 atom stereocenters. The molecule has 0 aliphatic heterocycles. The summed E-state index contributed by atoms with van der Waals surface area (Å²) in [4.78, 5) is 9.82. The first-order valence-corrected chi connectivity index (χ1v) is 6.20. The summed E-state index contributed by atoms with van der Waals surface area (Å²) in [6.07, 6.45) is 0. The first-order chi connectivity index (χ1) is 8.13. The van der Waals surface area contributed by atoms with E-state index in [0.29, 0.717) is 6.61 Å². The summed E-state index contributed by atoms with van der Waals surface area (Å²) in [5, 5.41) is 2.57. The van der Waals surface area contributed by atoms with E-state index in [1.807, 2.05) is 0 Å². The highest BCUT2D eigenvalue weighted by Gasteiger charge is 1.90. The van der Waals surface area contributed by atoms with Gasteiger partial charge < -0.3 is 4.74 Å². The van der Waals surface area contributed by atoms with Crippen LogP contribution in [0.3, 0.4) is 0 Å². The molecule has 0 spiro atoms. The Kier molecular flexibility index (Phi) is 5.70. The lowest BCUT2D eigenvalue weighted by Crippen LogP contribution is -1.95. The number of fused-ring (bicyclic) bond motifs is 1. The van der Waals surface area contributed by atoms with Crippen molar-refractivity contribution in [3.63, 3.8) is 0 Å². The van der Waals surface area contributed by atoms with Gasteiger partial charge >= 0.3 is 5.97 Å². The number of rotatable bonds is 1. The molecule has 2 rings (SSSR count). The van der Waals surface area contributed by atoms with Crippen molar-refractivity contribution < 1.29 is 9.53 Å². The molecule has 0 saturated carbocycles. The maximum absolute atomic E-state index is 9.82. The number of hydrogen-bond acceptors (Lipinski definition) is 2. The molecule has 2 aromatic rings. The Labute approximate surface area is 110 Å². The van der Waals surface area contributed by atoms with Crippen LogP contribution in [-0.4, -0.2) is 12.6 Å². The molecule has 0 heterocycles. The molecule has 90 valence electrons. The Bertz CT molecular complexity index is 494. The molecule has 0 fully saturated rings. The Morgan fingerprint density at radius 3 is 2.35 bits per heavy atom. The summed E-state index contributed by atoms with van der Waals surface area (Å²) < 4.78 is 5.54. The minimum atomic E-state index is -0.211. The molecule has 2 nitrogen and oxygen atoms in total. The highest BCUT2D eigenvalue weighted by atomic mass is 79.9. The van der Waals surface area contributed by atoms with Crippen LogP contribution in [0.1, 0.15) is 13.8 Å². The molecule has 17 heavy (non-hydrogen) atoms. The smallest absolute Gasteiger partial charge is 0.302 e. The summed E-state index contributed by atoms with van der Waals surface area (Å²) in [7, 11) is 0. The van der Waals surface area contributed by atoms with Gasteiger partial charge in [-0.15, -0.1) is 0 Å². The topological polar surface area (TPSA) is 26.3 Å². The molecule has 0 aromatic heterocycles. The highest BCUT2D eigenvalue weighted by Crippen LogP contribution is 2.18. The van der Waals surface area contributed by atoms with Crippen molar-refractivity contribution in [3.8, 4) is 0 Å². The van der Waals surface area contributed by atoms with Gasteiger partial charge in [-0.25, -0.2) is 0 Å². The predicted molar refractivity (Wildman–Crippen MR) is 74.0 cm³/mol. The summed E-state index contributed by atoms with van der Waals surface area (Å²) in [5.74, 6) is -0.211. The van der Waals surface area contributed by atoms with Gasteiger partial charge in [-0.3, -0.25) is 4.79 Å². The maximum Gasteiger partial charge on any atom is 0.302 e. The van der Waals surface area contributed by atoms with Crippen LogP contribution in [0, 0.1) is 0 Å². The minimum absolute atomic E-state index is 0.211. The lowest BCUT2D eigenvalue weighted by atomic mass is 10.1. The fourth-order valence-electron chi connectivity index (χ4n) is 1.36. The highest BCUT2D eigenvalue weighted by molar-refractivity contribution is 9.10. The fraction of sp³-hybridized carbons (Fsp3) is 0.214. The van der Waals surface area contributed by atoms with E-state index in [4.69, 9.17) is 0 Å². The van der Waals surface area contributed by atoms with E-state index in [0.717, 1.165) is 4.47 Å². The molecular weight excluding hydrogens is 280 g/mol. The molecule has 0 saturated heterocycles. The van der Waals surface area contributed by atoms with Crippen LogP contribution in [0.15, 0.2) is 46.9 Å². The van der Waals surface area contributed by atoms with E-state index in [-0.39, 0.29) is 5.97 Å². The van der Waals surface area contributed by atoms with E-state index in [1.54, 1.807) is 6.92 Å². The monoisotopic (exact) mass is 294 g/mol. The predicted octanol–water partition coefficient (Wildman–Crippen LogP) is 4.17. The van der Waals surface area contributed by atoms with Crippen LogP contribution in [0.2, 0.25) is 0 Å². The summed E-state index contributed by atoms with van der Waals surface area (Å²) in [6.45, 7) is 3.65. The number of benzene rings is 2. The SMILES string of the molecule is Brc1ccc2ccccc2c1.CCOC(C)=O. The Morgan fingerprint density at radius 1 is 1.18 bits per heavy atom. The summed E-state index contributed by atoms with van der Waals surface area (Å²) in [5.41, 5.74) is 0. The maximum atomic E-state index is 9.82. The van der Waals surface area contributed by atoms with Gasteiger partial charge in [0.15, 0.2) is 0 Å². The van der Waals surface area contributed by atoms with Crippen LogP contribution in [-0.2, 0) is 9.53 Å². The lowest BCUT2D eigenvalue weighted by molar-refractivity contribution is -0.140. The molecule has 0 radical (unpaired) electrons. The molecule has 0 amide bonds. The molecule has 0 aliphatic carbocycles. The average Bonchev–Trinajstić information content (AvgIpc) is 2.29. The summed E-state index contributed by atoms with van der Waals surface area (Å²) in [6, 6.07) is 14.6. The average molecular weight is 295 g/mol. The van der Waals surface area contributed by atoms with Gasteiger partial charge in [-0.2, -0.15) is 0 Å². The van der Waals surface area contributed by atoms with E-state index < -0.39 is 0 Å². The molecule has 0 aliphatic rings. The molecule has 3 heteroatoms.